The summed E-state index contributed by atoms with van der Waals surface area (Å²) in [5.74, 6) is -1.06. The second-order valence-corrected chi connectivity index (χ2v) is 8.18. The summed E-state index contributed by atoms with van der Waals surface area (Å²) in [4.78, 5) is 21.4. The number of nitrogens with one attached hydrogen (secondary N) is 1. The molecule has 3 rings (SSSR count). The van der Waals surface area contributed by atoms with Gasteiger partial charge in [-0.25, -0.2) is 9.78 Å². The Morgan fingerprint density at radius 2 is 1.58 bits per heavy atom. The quantitative estimate of drug-likeness (QED) is 0.376. The van der Waals surface area contributed by atoms with Crippen molar-refractivity contribution in [2.75, 3.05) is 34.3 Å². The summed E-state index contributed by atoms with van der Waals surface area (Å²) >= 11 is 0. The van der Waals surface area contributed by atoms with Gasteiger partial charge >= 0.3 is 24.3 Å². The van der Waals surface area contributed by atoms with Crippen molar-refractivity contribution in [3.63, 3.8) is 0 Å². The molecule has 2 aromatic carbocycles. The zero-order valence-corrected chi connectivity index (χ0v) is 20.7. The molecule has 13 heteroatoms. The predicted octanol–water partition coefficient (Wildman–Crippen LogP) is 5.23. The van der Waals surface area contributed by atoms with Crippen molar-refractivity contribution in [3.05, 3.63) is 77.0 Å². The van der Waals surface area contributed by atoms with Crippen LogP contribution in [0.3, 0.4) is 0 Å². The molecule has 0 aliphatic carbocycles. The van der Waals surface area contributed by atoms with E-state index in [0.29, 0.717) is 24.4 Å². The largest absolute Gasteiger partial charge is 0.478 e. The van der Waals surface area contributed by atoms with Gasteiger partial charge < -0.3 is 20.1 Å². The smallest absolute Gasteiger partial charge is 0.416 e. The van der Waals surface area contributed by atoms with Crippen LogP contribution in [0.4, 0.5) is 26.3 Å². The Morgan fingerprint density at radius 1 is 1.00 bits per heavy atom. The Hall–Kier alpha value is -3.71. The number of aromatic carboxylic acids is 1. The third-order valence-electron chi connectivity index (χ3n) is 4.84. The first-order valence-electron chi connectivity index (χ1n) is 11.1. The molecule has 0 unspecified atom stereocenters. The van der Waals surface area contributed by atoms with Crippen LogP contribution in [0.25, 0.3) is 11.3 Å². The Bertz CT molecular complexity index is 1170. The third-order valence-corrected chi connectivity index (χ3v) is 4.84. The first kappa shape index (κ1) is 30.5. The number of nitrogens with zero attached hydrogens (tertiary/aromatic N) is 3. The average molecular weight is 544 g/mol. The SMILES string of the molecule is CN(C)CCOc1ncc(C(=O)O)c(-c2ccccc2)n1.CNCc1cc(C(F)(F)F)cc(C(F)(F)F)c1. The maximum Gasteiger partial charge on any atom is 0.416 e. The molecule has 206 valence electrons. The zero-order valence-electron chi connectivity index (χ0n) is 20.7. The molecular weight excluding hydrogens is 518 g/mol. The normalized spacial score (nSPS) is 11.6. The van der Waals surface area contributed by atoms with E-state index in [4.69, 9.17) is 4.74 Å². The lowest BCUT2D eigenvalue weighted by molar-refractivity contribution is -0.143. The van der Waals surface area contributed by atoms with E-state index >= 15 is 0 Å². The highest BCUT2D eigenvalue weighted by molar-refractivity contribution is 5.94. The van der Waals surface area contributed by atoms with Crippen LogP contribution >= 0.6 is 0 Å². The van der Waals surface area contributed by atoms with E-state index < -0.39 is 29.4 Å². The molecule has 0 aliphatic heterocycles. The number of carboxylic acids is 1. The van der Waals surface area contributed by atoms with Crippen molar-refractivity contribution >= 4 is 5.97 Å². The lowest BCUT2D eigenvalue weighted by Gasteiger charge is -2.13. The van der Waals surface area contributed by atoms with Crippen molar-refractivity contribution in [2.24, 2.45) is 0 Å². The molecule has 1 aromatic heterocycles. The van der Waals surface area contributed by atoms with Crippen LogP contribution in [0, 0.1) is 0 Å². The standard InChI is InChI=1S/C15H17N3O3.C10H9F6N/c1-18(2)8-9-21-15-16-10-12(14(19)20)13(17-15)11-6-4-3-5-7-11;1-17-5-6-2-7(9(11,12)13)4-8(3-6)10(14,15)16/h3-7,10H,8-9H2,1-2H3,(H,19,20);2-4,17H,5H2,1H3. The number of ether oxygens (including phenoxy) is 1. The van der Waals surface area contributed by atoms with Gasteiger partial charge in [-0.2, -0.15) is 31.3 Å². The number of halogens is 6. The fraction of sp³-hybridized carbons (Fsp3) is 0.320. The third kappa shape index (κ3) is 9.30. The molecule has 38 heavy (non-hydrogen) atoms. The zero-order chi connectivity index (χ0) is 28.5. The molecule has 0 spiro atoms. The van der Waals surface area contributed by atoms with Crippen LogP contribution in [0.1, 0.15) is 27.0 Å². The minimum Gasteiger partial charge on any atom is -0.478 e. The number of carbonyl (C=O) groups is 1. The molecule has 7 nitrogen and oxygen atoms in total. The second kappa shape index (κ2) is 13.2. The summed E-state index contributed by atoms with van der Waals surface area (Å²) in [6, 6.07) is 10.8. The fourth-order valence-corrected chi connectivity index (χ4v) is 3.05. The van der Waals surface area contributed by atoms with Crippen LogP contribution in [0.15, 0.2) is 54.7 Å². The lowest BCUT2D eigenvalue weighted by atomic mass is 10.0. The van der Waals surface area contributed by atoms with E-state index in [1.165, 1.54) is 13.2 Å². The van der Waals surface area contributed by atoms with E-state index in [0.717, 1.165) is 12.1 Å². The molecule has 0 radical (unpaired) electrons. The van der Waals surface area contributed by atoms with E-state index in [-0.39, 0.29) is 29.7 Å². The average Bonchev–Trinajstić information content (AvgIpc) is 2.83. The predicted molar refractivity (Wildman–Crippen MR) is 128 cm³/mol. The van der Waals surface area contributed by atoms with Gasteiger partial charge in [0.15, 0.2) is 0 Å². The molecule has 0 bridgehead atoms. The van der Waals surface area contributed by atoms with Crippen molar-refractivity contribution in [1.29, 1.82) is 0 Å². The Labute approximate surface area is 215 Å². The Morgan fingerprint density at radius 3 is 2.05 bits per heavy atom. The molecule has 1 heterocycles. The summed E-state index contributed by atoms with van der Waals surface area (Å²) in [6.45, 7) is 1.10. The second-order valence-electron chi connectivity index (χ2n) is 8.18. The summed E-state index contributed by atoms with van der Waals surface area (Å²) in [7, 11) is 5.31. The summed E-state index contributed by atoms with van der Waals surface area (Å²) in [6.07, 6.45) is -8.30. The molecule has 0 atom stereocenters. The number of rotatable bonds is 8. The van der Waals surface area contributed by atoms with E-state index in [1.807, 2.05) is 37.2 Å². The molecule has 0 amide bonds. The van der Waals surface area contributed by atoms with E-state index in [2.05, 4.69) is 15.3 Å². The Balaban J connectivity index is 0.000000273. The van der Waals surface area contributed by atoms with Gasteiger partial charge in [-0.15, -0.1) is 0 Å². The van der Waals surface area contributed by atoms with Crippen molar-refractivity contribution < 1.29 is 41.0 Å². The highest BCUT2D eigenvalue weighted by atomic mass is 19.4. The van der Waals surface area contributed by atoms with Gasteiger partial charge in [0, 0.05) is 24.8 Å². The number of carboxylic acid groups (broad SMARTS) is 1. The maximum atomic E-state index is 12.4. The number of benzene rings is 2. The summed E-state index contributed by atoms with van der Waals surface area (Å²) in [5.41, 5.74) is -1.52. The van der Waals surface area contributed by atoms with E-state index in [1.54, 1.807) is 12.1 Å². The van der Waals surface area contributed by atoms with E-state index in [9.17, 15) is 36.2 Å². The number of hydrogen-bond donors (Lipinski definition) is 2. The van der Waals surface area contributed by atoms with Crippen LogP contribution in [0.5, 0.6) is 6.01 Å². The van der Waals surface area contributed by atoms with Crippen LogP contribution in [-0.2, 0) is 18.9 Å². The molecular formula is C25H26F6N4O3. The lowest BCUT2D eigenvalue weighted by Crippen LogP contribution is -2.20. The summed E-state index contributed by atoms with van der Waals surface area (Å²) in [5, 5.41) is 11.7. The molecule has 0 saturated carbocycles. The van der Waals surface area contributed by atoms with Crippen molar-refractivity contribution in [3.8, 4) is 17.3 Å². The van der Waals surface area contributed by atoms with Gasteiger partial charge in [-0.05, 0) is 44.9 Å². The van der Waals surface area contributed by atoms with Gasteiger partial charge in [0.25, 0.3) is 0 Å². The van der Waals surface area contributed by atoms with Crippen LogP contribution in [-0.4, -0.2) is 60.2 Å². The monoisotopic (exact) mass is 544 g/mol. The van der Waals surface area contributed by atoms with Gasteiger partial charge in [0.05, 0.1) is 16.8 Å². The number of hydrogen-bond acceptors (Lipinski definition) is 6. The van der Waals surface area contributed by atoms with Gasteiger partial charge in [-0.1, -0.05) is 30.3 Å². The number of aromatic nitrogens is 2. The highest BCUT2D eigenvalue weighted by Crippen LogP contribution is 2.36. The Kier molecular flexibility index (Phi) is 10.6. The number of alkyl halides is 6. The first-order valence-corrected chi connectivity index (χ1v) is 11.1. The van der Waals surface area contributed by atoms with Gasteiger partial charge in [0.1, 0.15) is 12.2 Å². The molecule has 2 N–H and O–H groups in total. The minimum atomic E-state index is -4.79. The molecule has 0 fully saturated rings. The van der Waals surface area contributed by atoms with Gasteiger partial charge in [-0.3, -0.25) is 0 Å². The number of likely N-dealkylation sites (N-methyl/N-ethyl adjacent to an activating group) is 1. The fourth-order valence-electron chi connectivity index (χ4n) is 3.05. The van der Waals surface area contributed by atoms with Crippen molar-refractivity contribution in [1.82, 2.24) is 20.2 Å². The topological polar surface area (TPSA) is 87.6 Å². The molecule has 0 saturated heterocycles. The summed E-state index contributed by atoms with van der Waals surface area (Å²) < 4.78 is 79.8. The first-order chi connectivity index (χ1) is 17.7. The van der Waals surface area contributed by atoms with Crippen LogP contribution in [0.2, 0.25) is 0 Å². The van der Waals surface area contributed by atoms with Crippen LogP contribution < -0.4 is 10.1 Å². The highest BCUT2D eigenvalue weighted by Gasteiger charge is 2.36. The van der Waals surface area contributed by atoms with Gasteiger partial charge in [0.2, 0.25) is 0 Å². The molecule has 3 aromatic rings. The van der Waals surface area contributed by atoms with Crippen molar-refractivity contribution in [2.45, 2.75) is 18.9 Å². The minimum absolute atomic E-state index is 0.0566. The maximum absolute atomic E-state index is 12.4. The molecule has 0 aliphatic rings.